The fourth-order valence-corrected chi connectivity index (χ4v) is 2.93. The molecule has 7 heteroatoms. The van der Waals surface area contributed by atoms with Crippen LogP contribution in [0.25, 0.3) is 0 Å². The maximum absolute atomic E-state index is 12.3. The quantitative estimate of drug-likeness (QED) is 0.725. The molecule has 1 saturated carbocycles. The molecule has 2 atom stereocenters. The Balaban J connectivity index is 0.00000288. The van der Waals surface area contributed by atoms with Crippen molar-refractivity contribution in [2.75, 3.05) is 20.3 Å². The van der Waals surface area contributed by atoms with Gasteiger partial charge >= 0.3 is 5.97 Å². The van der Waals surface area contributed by atoms with Crippen molar-refractivity contribution in [3.63, 3.8) is 0 Å². The van der Waals surface area contributed by atoms with E-state index < -0.39 is 5.97 Å². The minimum Gasteiger partial charge on any atom is -0.482 e. The second kappa shape index (κ2) is 10.2. The first-order valence-electron chi connectivity index (χ1n) is 7.90. The molecule has 0 aromatic heterocycles. The molecule has 6 nitrogen and oxygen atoms in total. The van der Waals surface area contributed by atoms with Gasteiger partial charge in [0.1, 0.15) is 5.75 Å². The third kappa shape index (κ3) is 5.69. The lowest BCUT2D eigenvalue weighted by atomic mass is 9.95. The number of nitrogens with two attached hydrogens (primary N) is 1. The van der Waals surface area contributed by atoms with Gasteiger partial charge in [-0.2, -0.15) is 0 Å². The Kier molecular flexibility index (Phi) is 8.57. The number of carbonyl (C=O) groups excluding carboxylic acids is 2. The lowest BCUT2D eigenvalue weighted by Crippen LogP contribution is -2.34. The number of benzene rings is 1. The van der Waals surface area contributed by atoms with Crippen molar-refractivity contribution in [3.05, 3.63) is 29.8 Å². The lowest BCUT2D eigenvalue weighted by molar-refractivity contribution is -0.142. The van der Waals surface area contributed by atoms with E-state index in [1.807, 2.05) is 12.1 Å². The van der Waals surface area contributed by atoms with E-state index in [4.69, 9.17) is 10.5 Å². The number of hydrogen-bond donors (Lipinski definition) is 2. The van der Waals surface area contributed by atoms with E-state index in [0.717, 1.165) is 24.8 Å². The average molecular weight is 357 g/mol. The molecule has 0 bridgehead atoms. The molecule has 134 valence electrons. The number of ether oxygens (including phenoxy) is 2. The molecular formula is C17H25ClN2O4. The standard InChI is InChI=1S/C17H24N2O4.ClH/c1-22-16(20)11-23-14-6-2-4-12(8-14)10-19-17(21)15-7-3-5-13(15)9-18;/h2,4,6,8,13,15H,3,5,7,9-11,18H2,1H3,(H,19,21);1H/t13-,15-;/m1./s1. The molecule has 0 aliphatic heterocycles. The number of nitrogens with one attached hydrogen (secondary N) is 1. The van der Waals surface area contributed by atoms with Gasteiger partial charge in [-0.1, -0.05) is 18.6 Å². The zero-order chi connectivity index (χ0) is 16.7. The van der Waals surface area contributed by atoms with E-state index in [-0.39, 0.29) is 30.8 Å². The molecule has 2 rings (SSSR count). The number of halogens is 1. The van der Waals surface area contributed by atoms with E-state index in [2.05, 4.69) is 10.1 Å². The molecule has 0 heterocycles. The molecule has 0 radical (unpaired) electrons. The van der Waals surface area contributed by atoms with Crippen molar-refractivity contribution < 1.29 is 19.1 Å². The SMILES string of the molecule is COC(=O)COc1cccc(CNC(=O)[C@@H]2CCC[C@@H]2CN)c1.Cl. The monoisotopic (exact) mass is 356 g/mol. The first kappa shape index (κ1) is 20.3. The van der Waals surface area contributed by atoms with Crippen LogP contribution in [0, 0.1) is 11.8 Å². The molecule has 1 aliphatic carbocycles. The van der Waals surface area contributed by atoms with Crippen molar-refractivity contribution in [1.82, 2.24) is 5.32 Å². The third-order valence-corrected chi connectivity index (χ3v) is 4.25. The highest BCUT2D eigenvalue weighted by Gasteiger charge is 2.31. The van der Waals surface area contributed by atoms with Crippen LogP contribution in [0.1, 0.15) is 24.8 Å². The Bertz CT molecular complexity index is 553. The van der Waals surface area contributed by atoms with Crippen molar-refractivity contribution in [3.8, 4) is 5.75 Å². The lowest BCUT2D eigenvalue weighted by Gasteiger charge is -2.17. The van der Waals surface area contributed by atoms with Gasteiger partial charge in [0.2, 0.25) is 5.91 Å². The number of carbonyl (C=O) groups is 2. The Hall–Kier alpha value is -1.79. The van der Waals surface area contributed by atoms with Crippen LogP contribution in [0.4, 0.5) is 0 Å². The summed E-state index contributed by atoms with van der Waals surface area (Å²) in [4.78, 5) is 23.3. The highest BCUT2D eigenvalue weighted by Crippen LogP contribution is 2.31. The van der Waals surface area contributed by atoms with E-state index in [1.165, 1.54) is 7.11 Å². The number of rotatable bonds is 7. The Labute approximate surface area is 148 Å². The molecule has 0 spiro atoms. The highest BCUT2D eigenvalue weighted by atomic mass is 35.5. The van der Waals surface area contributed by atoms with E-state index >= 15 is 0 Å². The summed E-state index contributed by atoms with van der Waals surface area (Å²) >= 11 is 0. The molecule has 3 N–H and O–H groups in total. The van der Waals surface area contributed by atoms with Crippen molar-refractivity contribution in [2.45, 2.75) is 25.8 Å². The van der Waals surface area contributed by atoms with Gasteiger partial charge in [-0.3, -0.25) is 4.79 Å². The Morgan fingerprint density at radius 3 is 2.83 bits per heavy atom. The normalized spacial score (nSPS) is 19.2. The Morgan fingerprint density at radius 2 is 2.12 bits per heavy atom. The summed E-state index contributed by atoms with van der Waals surface area (Å²) in [6.45, 7) is 0.865. The van der Waals surface area contributed by atoms with Gasteiger partial charge in [-0.15, -0.1) is 12.4 Å². The molecule has 1 fully saturated rings. The topological polar surface area (TPSA) is 90.6 Å². The number of esters is 1. The largest absolute Gasteiger partial charge is 0.482 e. The predicted molar refractivity (Wildman–Crippen MR) is 92.9 cm³/mol. The van der Waals surface area contributed by atoms with Gasteiger partial charge in [-0.25, -0.2) is 4.79 Å². The fourth-order valence-electron chi connectivity index (χ4n) is 2.93. The van der Waals surface area contributed by atoms with E-state index in [1.54, 1.807) is 12.1 Å². The number of amides is 1. The molecule has 1 amide bonds. The van der Waals surface area contributed by atoms with Gasteiger partial charge in [-0.05, 0) is 43.0 Å². The summed E-state index contributed by atoms with van der Waals surface area (Å²) in [6.07, 6.45) is 3.01. The minimum absolute atomic E-state index is 0. The van der Waals surface area contributed by atoms with Crippen LogP contribution in [0.15, 0.2) is 24.3 Å². The van der Waals surface area contributed by atoms with Crippen LogP contribution in [0.3, 0.4) is 0 Å². The maximum Gasteiger partial charge on any atom is 0.343 e. The van der Waals surface area contributed by atoms with Crippen LogP contribution in [0.5, 0.6) is 5.75 Å². The minimum atomic E-state index is -0.433. The van der Waals surface area contributed by atoms with Crippen LogP contribution in [0.2, 0.25) is 0 Å². The molecule has 1 aliphatic rings. The average Bonchev–Trinajstić information content (AvgIpc) is 3.06. The smallest absolute Gasteiger partial charge is 0.343 e. The third-order valence-electron chi connectivity index (χ3n) is 4.25. The molecule has 1 aromatic carbocycles. The highest BCUT2D eigenvalue weighted by molar-refractivity contribution is 5.85. The van der Waals surface area contributed by atoms with Gasteiger partial charge in [0, 0.05) is 12.5 Å². The zero-order valence-corrected chi connectivity index (χ0v) is 14.6. The maximum atomic E-state index is 12.3. The van der Waals surface area contributed by atoms with Gasteiger partial charge in [0.05, 0.1) is 7.11 Å². The van der Waals surface area contributed by atoms with Gasteiger partial charge in [0.25, 0.3) is 0 Å². The predicted octanol–water partition coefficient (Wildman–Crippen LogP) is 1.65. The van der Waals surface area contributed by atoms with Gasteiger partial charge in [0.15, 0.2) is 6.61 Å². The zero-order valence-electron chi connectivity index (χ0n) is 13.8. The van der Waals surface area contributed by atoms with Gasteiger partial charge < -0.3 is 20.5 Å². The Morgan fingerprint density at radius 1 is 1.33 bits per heavy atom. The van der Waals surface area contributed by atoms with Crippen molar-refractivity contribution in [1.29, 1.82) is 0 Å². The first-order chi connectivity index (χ1) is 11.1. The van der Waals surface area contributed by atoms with Crippen LogP contribution in [-0.2, 0) is 20.9 Å². The molecule has 0 unspecified atom stereocenters. The van der Waals surface area contributed by atoms with Crippen molar-refractivity contribution >= 4 is 24.3 Å². The number of hydrogen-bond acceptors (Lipinski definition) is 5. The molecule has 24 heavy (non-hydrogen) atoms. The van der Waals surface area contributed by atoms with Crippen molar-refractivity contribution in [2.24, 2.45) is 17.6 Å². The van der Waals surface area contributed by atoms with Crippen LogP contribution in [-0.4, -0.2) is 32.1 Å². The second-order valence-electron chi connectivity index (χ2n) is 5.76. The van der Waals surface area contributed by atoms with Crippen LogP contribution < -0.4 is 15.8 Å². The molecule has 0 saturated heterocycles. The summed E-state index contributed by atoms with van der Waals surface area (Å²) in [5, 5.41) is 2.97. The second-order valence-corrected chi connectivity index (χ2v) is 5.76. The van der Waals surface area contributed by atoms with E-state index in [9.17, 15) is 9.59 Å². The number of methoxy groups -OCH3 is 1. The van der Waals surface area contributed by atoms with E-state index in [0.29, 0.717) is 24.8 Å². The summed E-state index contributed by atoms with van der Waals surface area (Å²) in [7, 11) is 1.31. The fraction of sp³-hybridized carbons (Fsp3) is 0.529. The summed E-state index contributed by atoms with van der Waals surface area (Å²) in [5.74, 6) is 0.530. The summed E-state index contributed by atoms with van der Waals surface area (Å²) < 4.78 is 9.86. The molecule has 1 aromatic rings. The summed E-state index contributed by atoms with van der Waals surface area (Å²) in [6, 6.07) is 7.29. The van der Waals surface area contributed by atoms with Crippen LogP contribution >= 0.6 is 12.4 Å². The molecular weight excluding hydrogens is 332 g/mol. The summed E-state index contributed by atoms with van der Waals surface area (Å²) in [5.41, 5.74) is 6.64. The first-order valence-corrected chi connectivity index (χ1v) is 7.90.